The summed E-state index contributed by atoms with van der Waals surface area (Å²) in [6, 6.07) is 10.0. The van der Waals surface area contributed by atoms with Gasteiger partial charge in [0, 0.05) is 24.8 Å². The topological polar surface area (TPSA) is 88.2 Å². The Morgan fingerprint density at radius 1 is 1.19 bits per heavy atom. The number of allylic oxidation sites excluding steroid dienone is 1. The van der Waals surface area contributed by atoms with Crippen molar-refractivity contribution in [3.63, 3.8) is 0 Å². The Labute approximate surface area is 214 Å². The summed E-state index contributed by atoms with van der Waals surface area (Å²) in [4.78, 5) is 26.7. The first kappa shape index (κ1) is 25.2. The van der Waals surface area contributed by atoms with E-state index < -0.39 is 23.1 Å². The molecule has 3 fully saturated rings. The molecule has 4 aliphatic rings. The van der Waals surface area contributed by atoms with Crippen molar-refractivity contribution < 1.29 is 24.2 Å². The van der Waals surface area contributed by atoms with Crippen molar-refractivity contribution in [3.05, 3.63) is 60.2 Å². The molecule has 10 atom stereocenters. The van der Waals surface area contributed by atoms with Crippen LogP contribution in [0.25, 0.3) is 0 Å². The molecule has 1 spiro atoms. The average Bonchev–Trinajstić information content (AvgIpc) is 3.42. The Balaban J connectivity index is 1.68. The zero-order valence-electron chi connectivity index (χ0n) is 21.9. The van der Waals surface area contributed by atoms with Crippen LogP contribution in [0.2, 0.25) is 0 Å². The van der Waals surface area contributed by atoms with Crippen molar-refractivity contribution in [2.24, 2.45) is 29.1 Å². The minimum atomic E-state index is -1.08. The minimum absolute atomic E-state index is 0.0517. The maximum atomic E-state index is 14.3. The third kappa shape index (κ3) is 4.03. The number of aliphatic hydroxyl groups is 1. The van der Waals surface area contributed by atoms with Gasteiger partial charge in [0.1, 0.15) is 11.5 Å². The number of ether oxygens (including phenoxy) is 2. The highest BCUT2D eigenvalue weighted by Crippen LogP contribution is 2.67. The van der Waals surface area contributed by atoms with Gasteiger partial charge in [-0.3, -0.25) is 9.59 Å². The molecule has 0 unspecified atom stereocenters. The number of fused-ring (bicyclic) bond motifs is 2. The zero-order chi connectivity index (χ0) is 25.9. The van der Waals surface area contributed by atoms with E-state index in [1.807, 2.05) is 18.2 Å². The summed E-state index contributed by atoms with van der Waals surface area (Å²) >= 11 is 0. The highest BCUT2D eigenvalue weighted by Gasteiger charge is 2.78. The van der Waals surface area contributed by atoms with Crippen LogP contribution in [-0.4, -0.2) is 46.4 Å². The Kier molecular flexibility index (Phi) is 6.19. The Morgan fingerprint density at radius 2 is 1.92 bits per heavy atom. The molecule has 1 aromatic rings. The van der Waals surface area contributed by atoms with Gasteiger partial charge in [-0.15, -0.1) is 0 Å². The fourth-order valence-corrected chi connectivity index (χ4v) is 7.54. The summed E-state index contributed by atoms with van der Waals surface area (Å²) < 4.78 is 12.4. The van der Waals surface area contributed by atoms with Crippen molar-refractivity contribution in [3.8, 4) is 0 Å². The van der Waals surface area contributed by atoms with Crippen LogP contribution in [0.4, 0.5) is 0 Å². The normalized spacial score (nSPS) is 47.3. The van der Waals surface area contributed by atoms with E-state index in [0.29, 0.717) is 12.8 Å². The van der Waals surface area contributed by atoms with Gasteiger partial charge >= 0.3 is 5.97 Å². The summed E-state index contributed by atoms with van der Waals surface area (Å²) in [5.41, 5.74) is -1.31. The lowest BCUT2D eigenvalue weighted by Crippen LogP contribution is -2.60. The van der Waals surface area contributed by atoms with E-state index in [2.05, 4.69) is 50.4 Å². The molecule has 194 valence electrons. The van der Waals surface area contributed by atoms with E-state index in [0.717, 1.165) is 12.0 Å². The van der Waals surface area contributed by atoms with E-state index in [1.165, 1.54) is 6.92 Å². The van der Waals surface area contributed by atoms with E-state index in [4.69, 9.17) is 9.47 Å². The van der Waals surface area contributed by atoms with Crippen LogP contribution in [0.1, 0.15) is 53.0 Å². The second-order valence-corrected chi connectivity index (χ2v) is 12.0. The Morgan fingerprint density at radius 3 is 2.61 bits per heavy atom. The number of nitrogens with one attached hydrogen (secondary N) is 1. The number of esters is 1. The number of amides is 1. The van der Waals surface area contributed by atoms with Crippen molar-refractivity contribution in [2.75, 3.05) is 0 Å². The van der Waals surface area contributed by atoms with E-state index in [-0.39, 0.29) is 47.3 Å². The van der Waals surface area contributed by atoms with Crippen LogP contribution < -0.4 is 5.32 Å². The molecular formula is C30H39NO5. The second kappa shape index (κ2) is 8.84. The van der Waals surface area contributed by atoms with E-state index >= 15 is 0 Å². The summed E-state index contributed by atoms with van der Waals surface area (Å²) in [6.07, 6.45) is 8.86. The van der Waals surface area contributed by atoms with E-state index in [1.54, 1.807) is 19.1 Å². The predicted molar refractivity (Wildman–Crippen MR) is 137 cm³/mol. The molecule has 2 saturated heterocycles. The zero-order valence-corrected chi connectivity index (χ0v) is 21.9. The molecule has 2 aliphatic carbocycles. The van der Waals surface area contributed by atoms with Gasteiger partial charge in [-0.2, -0.15) is 0 Å². The lowest BCUT2D eigenvalue weighted by molar-refractivity contribution is -0.162. The van der Waals surface area contributed by atoms with Gasteiger partial charge in [-0.05, 0) is 56.6 Å². The van der Waals surface area contributed by atoms with Crippen LogP contribution in [0.15, 0.2) is 54.6 Å². The molecule has 2 aliphatic heterocycles. The Hall–Kier alpha value is -2.44. The molecule has 1 amide bonds. The molecule has 0 aromatic heterocycles. The first-order valence-electron chi connectivity index (χ1n) is 13.3. The van der Waals surface area contributed by atoms with Crippen LogP contribution in [0.5, 0.6) is 0 Å². The molecule has 2 N–H and O–H groups in total. The van der Waals surface area contributed by atoms with Gasteiger partial charge in [-0.1, -0.05) is 62.4 Å². The molecule has 0 bridgehead atoms. The summed E-state index contributed by atoms with van der Waals surface area (Å²) in [7, 11) is 0. The molecule has 6 nitrogen and oxygen atoms in total. The lowest BCUT2D eigenvalue weighted by Gasteiger charge is -2.49. The number of carbonyl (C=O) groups is 2. The third-order valence-electron chi connectivity index (χ3n) is 9.24. The molecular weight excluding hydrogens is 454 g/mol. The smallest absolute Gasteiger partial charge is 0.303 e. The maximum Gasteiger partial charge on any atom is 0.303 e. The van der Waals surface area contributed by atoms with Crippen LogP contribution in [0.3, 0.4) is 0 Å². The number of benzene rings is 1. The summed E-state index contributed by atoms with van der Waals surface area (Å²) in [5.74, 6) is -0.642. The molecule has 36 heavy (non-hydrogen) atoms. The number of carbonyl (C=O) groups excluding carboxylic acids is 2. The second-order valence-electron chi connectivity index (χ2n) is 12.0. The van der Waals surface area contributed by atoms with Gasteiger partial charge in [0.25, 0.3) is 0 Å². The highest BCUT2D eigenvalue weighted by molar-refractivity contribution is 5.89. The molecule has 1 saturated carbocycles. The third-order valence-corrected chi connectivity index (χ3v) is 9.24. The monoisotopic (exact) mass is 493 g/mol. The molecule has 0 radical (unpaired) electrons. The van der Waals surface area contributed by atoms with Gasteiger partial charge < -0.3 is 19.9 Å². The number of hydrogen-bond donors (Lipinski definition) is 2. The fraction of sp³-hybridized carbons (Fsp3) is 0.600. The van der Waals surface area contributed by atoms with Gasteiger partial charge in [0.05, 0.1) is 17.3 Å². The fourth-order valence-electron chi connectivity index (χ4n) is 7.54. The largest absolute Gasteiger partial charge is 0.457 e. The van der Waals surface area contributed by atoms with Gasteiger partial charge in [0.2, 0.25) is 5.91 Å². The van der Waals surface area contributed by atoms with Crippen molar-refractivity contribution in [1.82, 2.24) is 5.32 Å². The van der Waals surface area contributed by atoms with Crippen molar-refractivity contribution in [1.29, 1.82) is 0 Å². The summed E-state index contributed by atoms with van der Waals surface area (Å²) in [5, 5.41) is 14.5. The standard InChI is InChI=1S/C30H39NO5/c1-18-10-9-13-22-26-29(5,36-26)19(2)25-23(16-21-11-7-6-8-12-21)31-27(33)30(22,25)24(35-20(3)32)14-15-28(4,34)17-18/h6-9,11-15,18-19,22-26,34H,10,16-17H2,1-5H3,(H,31,33)/b13-9+,15-14+/t18-,19-,22-,23+,24+,25-,26-,28-,29+,30+/m0/s1. The highest BCUT2D eigenvalue weighted by atomic mass is 16.6. The van der Waals surface area contributed by atoms with E-state index in [9.17, 15) is 14.7 Å². The van der Waals surface area contributed by atoms with Crippen molar-refractivity contribution >= 4 is 11.9 Å². The predicted octanol–water partition coefficient (Wildman–Crippen LogP) is 3.98. The SMILES string of the molecule is CC(=O)O[C@@H]1/C=C/[C@](C)(O)C[C@@H](C)C/C=C/[C@H]2[C@@H]3O[C@]3(C)[C@@H](C)[C@H]3[C@@H](Cc4ccccc4)NC(=O)[C@@]312. The maximum absolute atomic E-state index is 14.3. The quantitative estimate of drug-likeness (QED) is 0.378. The van der Waals surface area contributed by atoms with Gasteiger partial charge in [-0.25, -0.2) is 0 Å². The van der Waals surface area contributed by atoms with Crippen LogP contribution in [-0.2, 0) is 25.5 Å². The van der Waals surface area contributed by atoms with Crippen molar-refractivity contribution in [2.45, 2.75) is 83.3 Å². The Bertz CT molecular complexity index is 1080. The molecule has 6 heteroatoms. The molecule has 5 rings (SSSR count). The summed E-state index contributed by atoms with van der Waals surface area (Å²) in [6.45, 7) is 9.59. The van der Waals surface area contributed by atoms with Crippen LogP contribution >= 0.6 is 0 Å². The first-order chi connectivity index (χ1) is 17.0. The number of epoxide rings is 1. The average molecular weight is 494 g/mol. The van der Waals surface area contributed by atoms with Crippen LogP contribution in [0, 0.1) is 29.1 Å². The number of hydrogen-bond acceptors (Lipinski definition) is 5. The minimum Gasteiger partial charge on any atom is -0.457 e. The van der Waals surface area contributed by atoms with Gasteiger partial charge in [0.15, 0.2) is 0 Å². The first-order valence-corrected chi connectivity index (χ1v) is 13.3. The molecule has 2 heterocycles. The molecule has 1 aromatic carbocycles. The number of rotatable bonds is 3. The lowest BCUT2D eigenvalue weighted by atomic mass is 9.51.